The number of carbonyl (C=O) groups excluding carboxylic acids is 1. The Balaban J connectivity index is 1.94. The fraction of sp³-hybridized carbons (Fsp3) is 0.143. The van der Waals surface area contributed by atoms with Gasteiger partial charge in [0.25, 0.3) is 0 Å². The van der Waals surface area contributed by atoms with Crippen LogP contribution in [0.1, 0.15) is 6.92 Å². The van der Waals surface area contributed by atoms with Gasteiger partial charge in [-0.15, -0.1) is 0 Å². The fourth-order valence-electron chi connectivity index (χ4n) is 1.60. The second kappa shape index (κ2) is 6.42. The highest BCUT2D eigenvalue weighted by Crippen LogP contribution is 2.14. The van der Waals surface area contributed by atoms with Crippen molar-refractivity contribution in [3.63, 3.8) is 0 Å². The van der Waals surface area contributed by atoms with Crippen LogP contribution in [-0.2, 0) is 0 Å². The molecule has 20 heavy (non-hydrogen) atoms. The van der Waals surface area contributed by atoms with Gasteiger partial charge in [-0.25, -0.2) is 9.78 Å². The average molecular weight is 272 g/mol. The number of nitrogens with zero attached hydrogens (tertiary/aromatic N) is 1. The highest BCUT2D eigenvalue weighted by molar-refractivity contribution is 5.99. The van der Waals surface area contributed by atoms with Gasteiger partial charge >= 0.3 is 6.03 Å². The number of rotatable bonds is 4. The predicted molar refractivity (Wildman–Crippen MR) is 78.9 cm³/mol. The Labute approximate surface area is 117 Å². The molecule has 0 bridgehead atoms. The van der Waals surface area contributed by atoms with Gasteiger partial charge in [0.15, 0.2) is 0 Å². The summed E-state index contributed by atoms with van der Waals surface area (Å²) in [5.74, 6) is 0.522. The molecule has 1 aromatic carbocycles. The first-order chi connectivity index (χ1) is 9.67. The predicted octanol–water partition coefficient (Wildman–Crippen LogP) is 2.71. The molecule has 0 atom stereocenters. The number of nitrogens with two attached hydrogens (primary N) is 1. The third-order valence-corrected chi connectivity index (χ3v) is 2.43. The maximum atomic E-state index is 11.8. The molecule has 6 heteroatoms. The molecule has 4 N–H and O–H groups in total. The number of ether oxygens (including phenoxy) is 1. The van der Waals surface area contributed by atoms with Gasteiger partial charge in [0, 0.05) is 17.4 Å². The zero-order valence-corrected chi connectivity index (χ0v) is 11.1. The van der Waals surface area contributed by atoms with Gasteiger partial charge in [-0.05, 0) is 31.2 Å². The highest BCUT2D eigenvalue weighted by Gasteiger charge is 2.03. The first kappa shape index (κ1) is 13.7. The molecule has 2 amide bonds. The van der Waals surface area contributed by atoms with E-state index in [1.807, 2.05) is 6.92 Å². The van der Waals surface area contributed by atoms with E-state index in [0.717, 1.165) is 0 Å². The van der Waals surface area contributed by atoms with E-state index in [-0.39, 0.29) is 6.03 Å². The fourth-order valence-corrected chi connectivity index (χ4v) is 1.60. The smallest absolute Gasteiger partial charge is 0.323 e. The third-order valence-electron chi connectivity index (χ3n) is 2.43. The van der Waals surface area contributed by atoms with Crippen molar-refractivity contribution in [1.29, 1.82) is 0 Å². The molecule has 0 radical (unpaired) electrons. The van der Waals surface area contributed by atoms with E-state index < -0.39 is 0 Å². The lowest BCUT2D eigenvalue weighted by Crippen LogP contribution is -2.19. The number of hydrogen-bond donors (Lipinski definition) is 3. The molecule has 0 aliphatic rings. The van der Waals surface area contributed by atoms with Crippen LogP contribution in [0.2, 0.25) is 0 Å². The van der Waals surface area contributed by atoms with Crippen LogP contribution >= 0.6 is 0 Å². The number of pyridine rings is 1. The lowest BCUT2D eigenvalue weighted by atomic mass is 10.3. The van der Waals surface area contributed by atoms with E-state index in [2.05, 4.69) is 15.6 Å². The Morgan fingerprint density at radius 3 is 2.70 bits per heavy atom. The quantitative estimate of drug-likeness (QED) is 0.746. The summed E-state index contributed by atoms with van der Waals surface area (Å²) < 4.78 is 5.22. The van der Waals surface area contributed by atoms with Crippen LogP contribution < -0.4 is 21.1 Å². The zero-order chi connectivity index (χ0) is 14.4. The summed E-state index contributed by atoms with van der Waals surface area (Å²) in [6.45, 7) is 2.43. The van der Waals surface area contributed by atoms with Gasteiger partial charge in [0.1, 0.15) is 0 Å². The van der Waals surface area contributed by atoms with E-state index in [4.69, 9.17) is 10.5 Å². The molecule has 0 saturated heterocycles. The number of benzene rings is 1. The van der Waals surface area contributed by atoms with Gasteiger partial charge in [0.05, 0.1) is 18.5 Å². The number of urea groups is 1. The van der Waals surface area contributed by atoms with Crippen LogP contribution in [0.15, 0.2) is 42.6 Å². The van der Waals surface area contributed by atoms with E-state index in [1.54, 1.807) is 36.4 Å². The van der Waals surface area contributed by atoms with Crippen molar-refractivity contribution in [2.45, 2.75) is 6.92 Å². The third kappa shape index (κ3) is 3.88. The van der Waals surface area contributed by atoms with Crippen molar-refractivity contribution in [2.75, 3.05) is 23.0 Å². The van der Waals surface area contributed by atoms with Crippen LogP contribution in [0.25, 0.3) is 0 Å². The largest absolute Gasteiger partial charge is 0.478 e. The molecule has 0 aliphatic carbocycles. The van der Waals surface area contributed by atoms with Gasteiger partial charge < -0.3 is 21.1 Å². The number of hydrogen-bond acceptors (Lipinski definition) is 4. The SMILES string of the molecule is CCOc1ccc(NC(=O)Nc2cccc(N)c2)cn1. The van der Waals surface area contributed by atoms with Crippen LogP contribution in [0, 0.1) is 0 Å². The number of nitrogens with one attached hydrogen (secondary N) is 2. The molecule has 0 unspecified atom stereocenters. The summed E-state index contributed by atoms with van der Waals surface area (Å²) in [6, 6.07) is 10.0. The lowest BCUT2D eigenvalue weighted by molar-refractivity contribution is 0.262. The second-order valence-corrected chi connectivity index (χ2v) is 4.02. The molecule has 104 valence electrons. The molecule has 1 aromatic heterocycles. The Hall–Kier alpha value is -2.76. The van der Waals surface area contributed by atoms with Crippen molar-refractivity contribution in [1.82, 2.24) is 4.98 Å². The monoisotopic (exact) mass is 272 g/mol. The van der Waals surface area contributed by atoms with Gasteiger partial charge in [-0.2, -0.15) is 0 Å². The Kier molecular flexibility index (Phi) is 4.39. The standard InChI is InChI=1S/C14H16N4O2/c1-2-20-13-7-6-12(9-16-13)18-14(19)17-11-5-3-4-10(15)8-11/h3-9H,2,15H2,1H3,(H2,17,18,19). The van der Waals surface area contributed by atoms with Crippen molar-refractivity contribution in [2.24, 2.45) is 0 Å². The molecule has 2 rings (SSSR count). The van der Waals surface area contributed by atoms with Crippen LogP contribution in [-0.4, -0.2) is 17.6 Å². The topological polar surface area (TPSA) is 89.3 Å². The maximum absolute atomic E-state index is 11.8. The number of anilines is 3. The molecule has 0 aliphatic heterocycles. The molecular formula is C14H16N4O2. The molecule has 0 saturated carbocycles. The van der Waals surface area contributed by atoms with Crippen LogP contribution in [0.5, 0.6) is 5.88 Å². The molecule has 0 fully saturated rings. The molecule has 0 spiro atoms. The Bertz CT molecular complexity index is 584. The first-order valence-electron chi connectivity index (χ1n) is 6.20. The van der Waals surface area contributed by atoms with Crippen LogP contribution in [0.4, 0.5) is 21.9 Å². The van der Waals surface area contributed by atoms with Crippen molar-refractivity contribution >= 4 is 23.1 Å². The summed E-state index contributed by atoms with van der Waals surface area (Å²) in [4.78, 5) is 15.8. The van der Waals surface area contributed by atoms with Crippen molar-refractivity contribution in [3.05, 3.63) is 42.6 Å². The minimum atomic E-state index is -0.360. The highest BCUT2D eigenvalue weighted by atomic mass is 16.5. The lowest BCUT2D eigenvalue weighted by Gasteiger charge is -2.08. The van der Waals surface area contributed by atoms with E-state index in [0.29, 0.717) is 29.5 Å². The van der Waals surface area contributed by atoms with E-state index in [9.17, 15) is 4.79 Å². The van der Waals surface area contributed by atoms with Gasteiger partial charge in [-0.3, -0.25) is 0 Å². The Morgan fingerprint density at radius 2 is 2.05 bits per heavy atom. The van der Waals surface area contributed by atoms with Gasteiger partial charge in [0.2, 0.25) is 5.88 Å². The van der Waals surface area contributed by atoms with Gasteiger partial charge in [-0.1, -0.05) is 6.07 Å². The number of amides is 2. The summed E-state index contributed by atoms with van der Waals surface area (Å²) in [5.41, 5.74) is 7.43. The molecular weight excluding hydrogens is 256 g/mol. The van der Waals surface area contributed by atoms with Crippen LogP contribution in [0.3, 0.4) is 0 Å². The summed E-state index contributed by atoms with van der Waals surface area (Å²) in [6.07, 6.45) is 1.53. The number of aromatic nitrogens is 1. The Morgan fingerprint density at radius 1 is 1.25 bits per heavy atom. The summed E-state index contributed by atoms with van der Waals surface area (Å²) in [5, 5.41) is 5.35. The normalized spacial score (nSPS) is 9.85. The molecule has 2 aromatic rings. The van der Waals surface area contributed by atoms with Crippen molar-refractivity contribution in [3.8, 4) is 5.88 Å². The van der Waals surface area contributed by atoms with E-state index >= 15 is 0 Å². The minimum absolute atomic E-state index is 0.360. The minimum Gasteiger partial charge on any atom is -0.478 e. The van der Waals surface area contributed by atoms with Crippen molar-refractivity contribution < 1.29 is 9.53 Å². The molecule has 6 nitrogen and oxygen atoms in total. The number of nitrogen functional groups attached to an aromatic ring is 1. The second-order valence-electron chi connectivity index (χ2n) is 4.02. The average Bonchev–Trinajstić information content (AvgIpc) is 2.41. The summed E-state index contributed by atoms with van der Waals surface area (Å²) >= 11 is 0. The first-order valence-corrected chi connectivity index (χ1v) is 6.20. The molecule has 1 heterocycles. The number of carbonyl (C=O) groups is 1. The zero-order valence-electron chi connectivity index (χ0n) is 11.1. The summed E-state index contributed by atoms with van der Waals surface area (Å²) in [7, 11) is 0. The van der Waals surface area contributed by atoms with E-state index in [1.165, 1.54) is 6.20 Å². The maximum Gasteiger partial charge on any atom is 0.323 e.